The molecular formula is C13H21N3O4S2. The Hall–Kier alpha value is -1.00. The molecule has 7 nitrogen and oxygen atoms in total. The van der Waals surface area contributed by atoms with Crippen molar-refractivity contribution >= 4 is 27.3 Å². The van der Waals surface area contributed by atoms with Gasteiger partial charge in [-0.25, -0.2) is 8.42 Å². The van der Waals surface area contributed by atoms with Crippen molar-refractivity contribution in [1.82, 2.24) is 14.9 Å². The summed E-state index contributed by atoms with van der Waals surface area (Å²) in [5, 5.41) is 7.46. The molecule has 1 amide bonds. The molecule has 1 fully saturated rings. The lowest BCUT2D eigenvalue weighted by Crippen LogP contribution is -2.41. The number of hydrogen-bond donors (Lipinski definition) is 2. The minimum absolute atomic E-state index is 0.0837. The van der Waals surface area contributed by atoms with Gasteiger partial charge in [0.2, 0.25) is 10.0 Å². The average Bonchev–Trinajstić information content (AvgIpc) is 3.03. The second-order valence-electron chi connectivity index (χ2n) is 4.74. The Morgan fingerprint density at radius 3 is 2.77 bits per heavy atom. The third kappa shape index (κ3) is 4.05. The number of carbonyl (C=O) groups excluding carboxylic acids is 1. The summed E-state index contributed by atoms with van der Waals surface area (Å²) in [4.78, 5) is 12.5. The molecule has 1 aliphatic rings. The molecule has 1 aromatic heterocycles. The van der Waals surface area contributed by atoms with E-state index in [1.165, 1.54) is 10.4 Å². The van der Waals surface area contributed by atoms with Crippen LogP contribution in [0.5, 0.6) is 0 Å². The van der Waals surface area contributed by atoms with Crippen molar-refractivity contribution in [3.8, 4) is 0 Å². The van der Waals surface area contributed by atoms with Gasteiger partial charge in [-0.1, -0.05) is 6.92 Å². The third-order valence-corrected chi connectivity index (χ3v) is 6.24. The van der Waals surface area contributed by atoms with Crippen molar-refractivity contribution < 1.29 is 17.9 Å². The summed E-state index contributed by atoms with van der Waals surface area (Å²) in [6.07, 6.45) is 0. The lowest BCUT2D eigenvalue weighted by molar-refractivity contribution is 0.0730. The first-order valence-electron chi connectivity index (χ1n) is 7.21. The zero-order valence-electron chi connectivity index (χ0n) is 12.5. The Balaban J connectivity index is 2.09. The summed E-state index contributed by atoms with van der Waals surface area (Å²) >= 11 is 1.14. The minimum atomic E-state index is -3.64. The Morgan fingerprint density at radius 1 is 1.36 bits per heavy atom. The standard InChI is InChI=1S/C13H21N3O4S2/c1-2-14-4-5-15-13(17)12-11(3-10-21-12)22(18,19)16-6-8-20-9-7-16/h3,10,14H,2,4-9H2,1H3,(H,15,17). The molecule has 1 aliphatic heterocycles. The van der Waals surface area contributed by atoms with Crippen LogP contribution in [0, 0.1) is 0 Å². The fraction of sp³-hybridized carbons (Fsp3) is 0.615. The maximum atomic E-state index is 12.6. The predicted molar refractivity (Wildman–Crippen MR) is 84.8 cm³/mol. The van der Waals surface area contributed by atoms with E-state index in [-0.39, 0.29) is 15.7 Å². The SMILES string of the molecule is CCNCCNC(=O)c1sccc1S(=O)(=O)N1CCOCC1. The van der Waals surface area contributed by atoms with Gasteiger partial charge in [-0.2, -0.15) is 4.31 Å². The number of carbonyl (C=O) groups is 1. The lowest BCUT2D eigenvalue weighted by atomic mass is 10.4. The van der Waals surface area contributed by atoms with Crippen LogP contribution in [0.1, 0.15) is 16.6 Å². The van der Waals surface area contributed by atoms with Crippen molar-refractivity contribution in [2.75, 3.05) is 45.9 Å². The van der Waals surface area contributed by atoms with Crippen LogP contribution < -0.4 is 10.6 Å². The zero-order valence-corrected chi connectivity index (χ0v) is 14.1. The van der Waals surface area contributed by atoms with Gasteiger partial charge in [-0.05, 0) is 18.0 Å². The number of hydrogen-bond acceptors (Lipinski definition) is 6. The highest BCUT2D eigenvalue weighted by molar-refractivity contribution is 7.89. The number of sulfonamides is 1. The molecule has 0 spiro atoms. The fourth-order valence-corrected chi connectivity index (χ4v) is 4.84. The van der Waals surface area contributed by atoms with E-state index in [2.05, 4.69) is 10.6 Å². The van der Waals surface area contributed by atoms with E-state index >= 15 is 0 Å². The molecule has 0 saturated carbocycles. The van der Waals surface area contributed by atoms with Crippen molar-refractivity contribution in [3.05, 3.63) is 16.3 Å². The predicted octanol–water partition coefficient (Wildman–Crippen LogP) is 0.108. The van der Waals surface area contributed by atoms with E-state index in [4.69, 9.17) is 4.74 Å². The normalized spacial score (nSPS) is 16.6. The van der Waals surface area contributed by atoms with E-state index in [0.717, 1.165) is 17.9 Å². The van der Waals surface area contributed by atoms with Crippen LogP contribution in [0.4, 0.5) is 0 Å². The summed E-state index contributed by atoms with van der Waals surface area (Å²) in [7, 11) is -3.64. The smallest absolute Gasteiger partial charge is 0.262 e. The van der Waals surface area contributed by atoms with Crippen LogP contribution in [-0.4, -0.2) is 64.6 Å². The van der Waals surface area contributed by atoms with E-state index in [0.29, 0.717) is 39.4 Å². The molecule has 9 heteroatoms. The number of morpholine rings is 1. The topological polar surface area (TPSA) is 87.7 Å². The van der Waals surface area contributed by atoms with Gasteiger partial charge in [0.15, 0.2) is 0 Å². The highest BCUT2D eigenvalue weighted by Crippen LogP contribution is 2.25. The number of nitrogens with one attached hydrogen (secondary N) is 2. The summed E-state index contributed by atoms with van der Waals surface area (Å²) in [5.41, 5.74) is 0. The molecule has 2 N–H and O–H groups in total. The monoisotopic (exact) mass is 347 g/mol. The quantitative estimate of drug-likeness (QED) is 0.684. The van der Waals surface area contributed by atoms with Crippen LogP contribution >= 0.6 is 11.3 Å². The first-order valence-corrected chi connectivity index (χ1v) is 9.53. The molecule has 2 heterocycles. The number of thiophene rings is 1. The van der Waals surface area contributed by atoms with E-state index in [1.54, 1.807) is 5.38 Å². The highest BCUT2D eigenvalue weighted by Gasteiger charge is 2.31. The summed E-state index contributed by atoms with van der Waals surface area (Å²) in [6, 6.07) is 1.49. The molecular weight excluding hydrogens is 326 g/mol. The molecule has 0 unspecified atom stereocenters. The highest BCUT2D eigenvalue weighted by atomic mass is 32.2. The van der Waals surface area contributed by atoms with Crippen molar-refractivity contribution in [2.24, 2.45) is 0 Å². The van der Waals surface area contributed by atoms with Crippen molar-refractivity contribution in [1.29, 1.82) is 0 Å². The van der Waals surface area contributed by atoms with E-state index in [9.17, 15) is 13.2 Å². The summed E-state index contributed by atoms with van der Waals surface area (Å²) in [5.74, 6) is -0.347. The van der Waals surface area contributed by atoms with Gasteiger partial charge < -0.3 is 15.4 Å². The number of rotatable bonds is 7. The second-order valence-corrected chi connectivity index (χ2v) is 7.56. The van der Waals surface area contributed by atoms with Gasteiger partial charge in [0, 0.05) is 26.2 Å². The van der Waals surface area contributed by atoms with Gasteiger partial charge in [0.05, 0.1) is 13.2 Å². The van der Waals surface area contributed by atoms with Gasteiger partial charge in [0.1, 0.15) is 9.77 Å². The molecule has 0 aliphatic carbocycles. The zero-order chi connectivity index (χ0) is 16.0. The number of nitrogens with zero attached hydrogens (tertiary/aromatic N) is 1. The number of amides is 1. The lowest BCUT2D eigenvalue weighted by Gasteiger charge is -2.26. The third-order valence-electron chi connectivity index (χ3n) is 3.26. The van der Waals surface area contributed by atoms with Gasteiger partial charge in [0.25, 0.3) is 5.91 Å². The first-order chi connectivity index (χ1) is 10.6. The molecule has 0 aromatic carbocycles. The first kappa shape index (κ1) is 17.4. The largest absolute Gasteiger partial charge is 0.379 e. The van der Waals surface area contributed by atoms with Gasteiger partial charge in [-0.15, -0.1) is 11.3 Å². The summed E-state index contributed by atoms with van der Waals surface area (Å²) < 4.78 is 31.8. The van der Waals surface area contributed by atoms with Crippen LogP contribution in [0.2, 0.25) is 0 Å². The van der Waals surface area contributed by atoms with E-state index < -0.39 is 10.0 Å². The maximum Gasteiger partial charge on any atom is 0.262 e. The van der Waals surface area contributed by atoms with Gasteiger partial charge >= 0.3 is 0 Å². The van der Waals surface area contributed by atoms with E-state index in [1.807, 2.05) is 6.92 Å². The Kier molecular flexibility index (Phi) is 6.33. The molecule has 0 bridgehead atoms. The maximum absolute atomic E-state index is 12.6. The number of likely N-dealkylation sites (N-methyl/N-ethyl adjacent to an activating group) is 1. The van der Waals surface area contributed by atoms with Crippen molar-refractivity contribution in [2.45, 2.75) is 11.8 Å². The van der Waals surface area contributed by atoms with Gasteiger partial charge in [-0.3, -0.25) is 4.79 Å². The van der Waals surface area contributed by atoms with Crippen molar-refractivity contribution in [3.63, 3.8) is 0 Å². The molecule has 1 saturated heterocycles. The fourth-order valence-electron chi connectivity index (χ4n) is 2.11. The Labute approximate surface area is 134 Å². The van der Waals surface area contributed by atoms with Crippen LogP contribution in [0.15, 0.2) is 16.3 Å². The number of ether oxygens (including phenoxy) is 1. The van der Waals surface area contributed by atoms with Crippen LogP contribution in [0.25, 0.3) is 0 Å². The molecule has 0 atom stereocenters. The summed E-state index contributed by atoms with van der Waals surface area (Å²) in [6.45, 7) is 5.32. The molecule has 1 aromatic rings. The second kappa shape index (κ2) is 8.02. The molecule has 124 valence electrons. The average molecular weight is 347 g/mol. The van der Waals surface area contributed by atoms with Crippen LogP contribution in [0.3, 0.4) is 0 Å². The molecule has 2 rings (SSSR count). The molecule has 22 heavy (non-hydrogen) atoms. The Bertz CT molecular complexity index is 594. The minimum Gasteiger partial charge on any atom is -0.379 e. The Morgan fingerprint density at radius 2 is 2.09 bits per heavy atom. The molecule has 0 radical (unpaired) electrons. The van der Waals surface area contributed by atoms with Crippen LogP contribution in [-0.2, 0) is 14.8 Å².